The first kappa shape index (κ1) is 13.3. The molecule has 0 atom stereocenters. The lowest BCUT2D eigenvalue weighted by Gasteiger charge is -1.94. The summed E-state index contributed by atoms with van der Waals surface area (Å²) in [5.74, 6) is -1.42. The van der Waals surface area contributed by atoms with Crippen molar-refractivity contribution in [2.75, 3.05) is 0 Å². The van der Waals surface area contributed by atoms with Crippen LogP contribution in [-0.4, -0.2) is 22.2 Å². The van der Waals surface area contributed by atoms with Crippen molar-refractivity contribution in [2.24, 2.45) is 5.92 Å². The van der Waals surface area contributed by atoms with Crippen molar-refractivity contribution < 1.29 is 19.8 Å². The van der Waals surface area contributed by atoms with E-state index >= 15 is 0 Å². The second-order valence-electron chi connectivity index (χ2n) is 2.53. The van der Waals surface area contributed by atoms with Crippen molar-refractivity contribution in [1.82, 2.24) is 0 Å². The predicted molar refractivity (Wildman–Crippen MR) is 44.9 cm³/mol. The third-order valence-electron chi connectivity index (χ3n) is 0.757. The molecule has 0 heterocycles. The quantitative estimate of drug-likeness (QED) is 0.634. The Kier molecular flexibility index (Phi) is 8.62. The highest BCUT2D eigenvalue weighted by molar-refractivity contribution is 5.78. The molecule has 0 aromatic rings. The van der Waals surface area contributed by atoms with Crippen LogP contribution in [0.2, 0.25) is 0 Å². The van der Waals surface area contributed by atoms with Crippen LogP contribution in [0.25, 0.3) is 0 Å². The largest absolute Gasteiger partial charge is 0.481 e. The van der Waals surface area contributed by atoms with Gasteiger partial charge in [0.1, 0.15) is 0 Å². The first-order chi connectivity index (χ1) is 5.40. The molecule has 0 saturated heterocycles. The summed E-state index contributed by atoms with van der Waals surface area (Å²) in [6.07, 6.45) is 1.11. The minimum atomic E-state index is -0.981. The van der Waals surface area contributed by atoms with E-state index in [1.807, 2.05) is 13.8 Å². The molecule has 0 aromatic heterocycles. The van der Waals surface area contributed by atoms with Crippen molar-refractivity contribution in [3.05, 3.63) is 12.7 Å². The van der Waals surface area contributed by atoms with Crippen LogP contribution >= 0.6 is 0 Å². The van der Waals surface area contributed by atoms with Gasteiger partial charge in [-0.15, -0.1) is 0 Å². The van der Waals surface area contributed by atoms with E-state index in [1.165, 1.54) is 0 Å². The fraction of sp³-hybridized carbons (Fsp3) is 0.500. The molecule has 0 aliphatic heterocycles. The van der Waals surface area contributed by atoms with Gasteiger partial charge in [-0.1, -0.05) is 20.4 Å². The number of rotatable bonds is 3. The van der Waals surface area contributed by atoms with Crippen LogP contribution in [0.15, 0.2) is 12.7 Å². The lowest BCUT2D eigenvalue weighted by atomic mass is 10.1. The molecule has 0 spiro atoms. The van der Waals surface area contributed by atoms with E-state index < -0.39 is 11.9 Å². The van der Waals surface area contributed by atoms with Gasteiger partial charge in [0.05, 0.1) is 0 Å². The van der Waals surface area contributed by atoms with Crippen molar-refractivity contribution in [3.8, 4) is 0 Å². The lowest BCUT2D eigenvalue weighted by molar-refractivity contribution is -0.137. The van der Waals surface area contributed by atoms with Crippen molar-refractivity contribution in [3.63, 3.8) is 0 Å². The van der Waals surface area contributed by atoms with E-state index in [2.05, 4.69) is 6.58 Å². The van der Waals surface area contributed by atoms with E-state index in [-0.39, 0.29) is 12.3 Å². The summed E-state index contributed by atoms with van der Waals surface area (Å²) < 4.78 is 0. The van der Waals surface area contributed by atoms with Gasteiger partial charge >= 0.3 is 11.9 Å². The highest BCUT2D eigenvalue weighted by atomic mass is 16.4. The van der Waals surface area contributed by atoms with Gasteiger partial charge in [-0.2, -0.15) is 0 Å². The Morgan fingerprint density at radius 2 is 1.75 bits per heavy atom. The lowest BCUT2D eigenvalue weighted by Crippen LogP contribution is -1.99. The standard InChI is InChI=1S/C5H10O2.C3H4O2/c1-4(2)3-5(6)7;1-2-3(4)5/h4H,3H2,1-2H3,(H,6,7);2H,1H2,(H,4,5). The Labute approximate surface area is 71.5 Å². The molecule has 2 N–H and O–H groups in total. The van der Waals surface area contributed by atoms with Gasteiger partial charge in [0, 0.05) is 12.5 Å². The van der Waals surface area contributed by atoms with Gasteiger partial charge in [-0.05, 0) is 5.92 Å². The molecule has 4 nitrogen and oxygen atoms in total. The van der Waals surface area contributed by atoms with Gasteiger partial charge in [-0.25, -0.2) is 4.79 Å². The molecule has 0 radical (unpaired) electrons. The van der Waals surface area contributed by atoms with E-state index in [0.29, 0.717) is 0 Å². The van der Waals surface area contributed by atoms with Crippen LogP contribution in [-0.2, 0) is 9.59 Å². The zero-order chi connectivity index (χ0) is 10.1. The smallest absolute Gasteiger partial charge is 0.327 e. The summed E-state index contributed by atoms with van der Waals surface area (Å²) >= 11 is 0. The first-order valence-electron chi connectivity index (χ1n) is 3.47. The van der Waals surface area contributed by atoms with Gasteiger partial charge in [0.2, 0.25) is 0 Å². The Bertz CT molecular complexity index is 160. The Morgan fingerprint density at radius 1 is 1.42 bits per heavy atom. The van der Waals surface area contributed by atoms with Crippen molar-refractivity contribution >= 4 is 11.9 Å². The monoisotopic (exact) mass is 174 g/mol. The van der Waals surface area contributed by atoms with E-state index in [0.717, 1.165) is 6.08 Å². The highest BCUT2D eigenvalue weighted by Gasteiger charge is 1.98. The zero-order valence-corrected chi connectivity index (χ0v) is 7.28. The van der Waals surface area contributed by atoms with Crippen LogP contribution < -0.4 is 0 Å². The molecule has 0 aromatic carbocycles. The van der Waals surface area contributed by atoms with Gasteiger partial charge in [0.15, 0.2) is 0 Å². The van der Waals surface area contributed by atoms with Gasteiger partial charge < -0.3 is 10.2 Å². The Hall–Kier alpha value is -1.32. The van der Waals surface area contributed by atoms with Crippen LogP contribution in [0.5, 0.6) is 0 Å². The molecule has 0 saturated carbocycles. The molecule has 4 heteroatoms. The number of carboxylic acids is 2. The average molecular weight is 174 g/mol. The minimum absolute atomic E-state index is 0.275. The third kappa shape index (κ3) is 23.4. The Morgan fingerprint density at radius 3 is 1.75 bits per heavy atom. The molecular formula is C8H14O4. The number of hydrogen-bond donors (Lipinski definition) is 2. The summed E-state index contributed by atoms with van der Waals surface area (Å²) in [4.78, 5) is 19.1. The topological polar surface area (TPSA) is 74.6 Å². The average Bonchev–Trinajstić information content (AvgIpc) is 1.85. The van der Waals surface area contributed by atoms with Gasteiger partial charge in [0.25, 0.3) is 0 Å². The SMILES string of the molecule is C=CC(=O)O.CC(C)CC(=O)O. The molecule has 0 bridgehead atoms. The van der Waals surface area contributed by atoms with Crippen LogP contribution in [0, 0.1) is 5.92 Å². The minimum Gasteiger partial charge on any atom is -0.481 e. The predicted octanol–water partition coefficient (Wildman–Crippen LogP) is 1.37. The number of carbonyl (C=O) groups is 2. The Balaban J connectivity index is 0. The summed E-state index contributed by atoms with van der Waals surface area (Å²) in [7, 11) is 0. The van der Waals surface area contributed by atoms with E-state index in [4.69, 9.17) is 10.2 Å². The van der Waals surface area contributed by atoms with E-state index in [1.54, 1.807) is 0 Å². The van der Waals surface area contributed by atoms with Crippen LogP contribution in [0.1, 0.15) is 20.3 Å². The summed E-state index contributed by atoms with van der Waals surface area (Å²) in [5, 5.41) is 15.7. The number of carboxylic acid groups (broad SMARTS) is 2. The first-order valence-corrected chi connectivity index (χ1v) is 3.47. The van der Waals surface area contributed by atoms with Crippen molar-refractivity contribution in [1.29, 1.82) is 0 Å². The molecule has 70 valence electrons. The maximum Gasteiger partial charge on any atom is 0.327 e. The summed E-state index contributed by atoms with van der Waals surface area (Å²) in [5.41, 5.74) is 0. The third-order valence-corrected chi connectivity index (χ3v) is 0.757. The maximum absolute atomic E-state index is 9.81. The van der Waals surface area contributed by atoms with Gasteiger partial charge in [-0.3, -0.25) is 4.79 Å². The number of hydrogen-bond acceptors (Lipinski definition) is 2. The maximum atomic E-state index is 9.81. The molecule has 12 heavy (non-hydrogen) atoms. The molecule has 0 fully saturated rings. The van der Waals surface area contributed by atoms with E-state index in [9.17, 15) is 9.59 Å². The van der Waals surface area contributed by atoms with Crippen molar-refractivity contribution in [2.45, 2.75) is 20.3 Å². The van der Waals surface area contributed by atoms with Crippen LogP contribution in [0.3, 0.4) is 0 Å². The second-order valence-corrected chi connectivity index (χ2v) is 2.53. The second kappa shape index (κ2) is 7.78. The molecule has 0 rings (SSSR count). The zero-order valence-electron chi connectivity index (χ0n) is 7.28. The van der Waals surface area contributed by atoms with Crippen LogP contribution in [0.4, 0.5) is 0 Å². The summed E-state index contributed by atoms with van der Waals surface area (Å²) in [6.45, 7) is 6.73. The fourth-order valence-electron chi connectivity index (χ4n) is 0.349. The molecule has 0 amide bonds. The molecule has 0 aliphatic carbocycles. The molecular weight excluding hydrogens is 160 g/mol. The number of aliphatic carboxylic acids is 2. The summed E-state index contributed by atoms with van der Waals surface area (Å²) in [6, 6.07) is 0. The highest BCUT2D eigenvalue weighted by Crippen LogP contribution is 1.96. The molecule has 0 aliphatic rings. The fourth-order valence-corrected chi connectivity index (χ4v) is 0.349. The molecule has 0 unspecified atom stereocenters. The normalized spacial score (nSPS) is 8.25.